The summed E-state index contributed by atoms with van der Waals surface area (Å²) in [4.78, 5) is 22.4. The number of hydrogen-bond donors (Lipinski definition) is 0. The molecular formula is C12H12O4. The van der Waals surface area contributed by atoms with E-state index >= 15 is 0 Å². The smallest absolute Gasteiger partial charge is 0.377 e. The molecule has 1 saturated heterocycles. The molecule has 1 aromatic carbocycles. The molecule has 1 heterocycles. The van der Waals surface area contributed by atoms with E-state index in [1.807, 2.05) is 31.2 Å². The number of aryl methyl sites for hydroxylation is 1. The Morgan fingerprint density at radius 3 is 2.44 bits per heavy atom. The number of ether oxygens (including phenoxy) is 2. The Kier molecular flexibility index (Phi) is 2.75. The molecule has 0 amide bonds. The summed E-state index contributed by atoms with van der Waals surface area (Å²) in [7, 11) is 1.18. The molecule has 84 valence electrons. The molecule has 1 aliphatic rings. The van der Waals surface area contributed by atoms with Crippen LogP contribution in [-0.4, -0.2) is 25.0 Å². The summed E-state index contributed by atoms with van der Waals surface area (Å²) < 4.78 is 9.53. The van der Waals surface area contributed by atoms with Crippen LogP contribution in [0.3, 0.4) is 0 Å². The van der Waals surface area contributed by atoms with Crippen molar-refractivity contribution in [3.05, 3.63) is 35.4 Å². The second-order valence-electron chi connectivity index (χ2n) is 3.74. The van der Waals surface area contributed by atoms with Gasteiger partial charge in [0, 0.05) is 0 Å². The van der Waals surface area contributed by atoms with Gasteiger partial charge in [-0.3, -0.25) is 4.79 Å². The molecule has 0 bridgehead atoms. The highest BCUT2D eigenvalue weighted by atomic mass is 16.6. The van der Waals surface area contributed by atoms with Gasteiger partial charge in [0.15, 0.2) is 6.10 Å². The minimum atomic E-state index is -0.848. The molecule has 4 nitrogen and oxygen atoms in total. The SMILES string of the molecule is COC(=O)C(=O)[C@H]1O[C@@H]1c1ccc(C)cc1. The Morgan fingerprint density at radius 1 is 1.25 bits per heavy atom. The van der Waals surface area contributed by atoms with E-state index in [4.69, 9.17) is 4.74 Å². The molecule has 0 radical (unpaired) electrons. The number of carbonyl (C=O) groups is 2. The molecule has 2 atom stereocenters. The van der Waals surface area contributed by atoms with Crippen molar-refractivity contribution < 1.29 is 19.1 Å². The summed E-state index contributed by atoms with van der Waals surface area (Å²) in [5, 5.41) is 0. The molecule has 1 fully saturated rings. The number of Topliss-reactive ketones (excluding diaryl/α,β-unsaturated/α-hetero) is 1. The number of methoxy groups -OCH3 is 1. The number of esters is 1. The van der Waals surface area contributed by atoms with E-state index < -0.39 is 17.9 Å². The number of epoxide rings is 1. The van der Waals surface area contributed by atoms with Gasteiger partial charge in [-0.15, -0.1) is 0 Å². The zero-order chi connectivity index (χ0) is 11.7. The summed E-state index contributed by atoms with van der Waals surface area (Å²) >= 11 is 0. The lowest BCUT2D eigenvalue weighted by Gasteiger charge is -1.96. The zero-order valence-electron chi connectivity index (χ0n) is 9.10. The third kappa shape index (κ3) is 1.97. The van der Waals surface area contributed by atoms with E-state index in [1.54, 1.807) is 0 Å². The fourth-order valence-corrected chi connectivity index (χ4v) is 1.54. The van der Waals surface area contributed by atoms with Crippen LogP contribution in [0, 0.1) is 6.92 Å². The molecule has 0 aromatic heterocycles. The maximum Gasteiger partial charge on any atom is 0.377 e. The van der Waals surface area contributed by atoms with Gasteiger partial charge >= 0.3 is 5.97 Å². The van der Waals surface area contributed by atoms with Crippen LogP contribution in [0.4, 0.5) is 0 Å². The fourth-order valence-electron chi connectivity index (χ4n) is 1.54. The van der Waals surface area contributed by atoms with Crippen LogP contribution in [0.25, 0.3) is 0 Å². The number of carbonyl (C=O) groups excluding carboxylic acids is 2. The summed E-state index contributed by atoms with van der Waals surface area (Å²) in [6.45, 7) is 1.98. The van der Waals surface area contributed by atoms with E-state index in [2.05, 4.69) is 4.74 Å². The minimum absolute atomic E-state index is 0.299. The van der Waals surface area contributed by atoms with Crippen LogP contribution in [-0.2, 0) is 19.1 Å². The first kappa shape index (κ1) is 10.8. The standard InChI is InChI=1S/C12H12O4/c1-7-3-5-8(6-4-7)10-11(16-10)9(13)12(14)15-2/h3-6,10-11H,1-2H3/t10-,11-/m1/s1. The lowest BCUT2D eigenvalue weighted by molar-refractivity contribution is -0.152. The Hall–Kier alpha value is -1.68. The molecular weight excluding hydrogens is 208 g/mol. The molecule has 2 rings (SSSR count). The Bertz CT molecular complexity index is 421. The second-order valence-corrected chi connectivity index (χ2v) is 3.74. The van der Waals surface area contributed by atoms with Crippen molar-refractivity contribution in [3.63, 3.8) is 0 Å². The van der Waals surface area contributed by atoms with Gasteiger partial charge in [-0.05, 0) is 12.5 Å². The van der Waals surface area contributed by atoms with Gasteiger partial charge in [0.2, 0.25) is 0 Å². The summed E-state index contributed by atoms with van der Waals surface area (Å²) in [5.74, 6) is -1.47. The van der Waals surface area contributed by atoms with Gasteiger partial charge in [-0.25, -0.2) is 4.79 Å². The highest BCUT2D eigenvalue weighted by molar-refractivity contribution is 6.36. The molecule has 0 saturated carbocycles. The summed E-state index contributed by atoms with van der Waals surface area (Å²) in [5.41, 5.74) is 2.05. The average molecular weight is 220 g/mol. The van der Waals surface area contributed by atoms with Crippen molar-refractivity contribution in [2.24, 2.45) is 0 Å². The summed E-state index contributed by atoms with van der Waals surface area (Å²) in [6, 6.07) is 7.67. The van der Waals surface area contributed by atoms with Crippen molar-refractivity contribution in [3.8, 4) is 0 Å². The van der Waals surface area contributed by atoms with Crippen LogP contribution in [0.15, 0.2) is 24.3 Å². The monoisotopic (exact) mass is 220 g/mol. The van der Waals surface area contributed by atoms with Crippen LogP contribution in [0.5, 0.6) is 0 Å². The molecule has 0 aliphatic carbocycles. The predicted molar refractivity (Wildman–Crippen MR) is 55.8 cm³/mol. The fraction of sp³-hybridized carbons (Fsp3) is 0.333. The van der Waals surface area contributed by atoms with Gasteiger partial charge in [0.1, 0.15) is 6.10 Å². The molecule has 1 aliphatic heterocycles. The van der Waals surface area contributed by atoms with Gasteiger partial charge in [0.05, 0.1) is 7.11 Å². The Balaban J connectivity index is 2.04. The highest BCUT2D eigenvalue weighted by Gasteiger charge is 2.48. The first-order valence-electron chi connectivity index (χ1n) is 4.97. The topological polar surface area (TPSA) is 55.9 Å². The van der Waals surface area contributed by atoms with Crippen molar-refractivity contribution in [2.75, 3.05) is 7.11 Å². The van der Waals surface area contributed by atoms with Crippen LogP contribution in [0.1, 0.15) is 17.2 Å². The van der Waals surface area contributed by atoms with Crippen molar-refractivity contribution in [2.45, 2.75) is 19.1 Å². The number of rotatable bonds is 3. The second kappa shape index (κ2) is 4.06. The van der Waals surface area contributed by atoms with Crippen LogP contribution < -0.4 is 0 Å². The van der Waals surface area contributed by atoms with E-state index in [0.29, 0.717) is 0 Å². The predicted octanol–water partition coefficient (Wildman–Crippen LogP) is 1.18. The average Bonchev–Trinajstić information content (AvgIpc) is 3.08. The molecule has 1 aromatic rings. The van der Waals surface area contributed by atoms with Crippen LogP contribution >= 0.6 is 0 Å². The largest absolute Gasteiger partial charge is 0.463 e. The minimum Gasteiger partial charge on any atom is -0.463 e. The first-order valence-corrected chi connectivity index (χ1v) is 4.97. The van der Waals surface area contributed by atoms with Gasteiger partial charge in [-0.2, -0.15) is 0 Å². The normalized spacial score (nSPS) is 22.6. The van der Waals surface area contributed by atoms with Crippen molar-refractivity contribution in [1.29, 1.82) is 0 Å². The lowest BCUT2D eigenvalue weighted by Crippen LogP contribution is -2.21. The number of benzene rings is 1. The van der Waals surface area contributed by atoms with E-state index in [9.17, 15) is 9.59 Å². The Morgan fingerprint density at radius 2 is 1.88 bits per heavy atom. The third-order valence-electron chi connectivity index (χ3n) is 2.54. The molecule has 0 N–H and O–H groups in total. The molecule has 0 spiro atoms. The quantitative estimate of drug-likeness (QED) is 0.436. The van der Waals surface area contributed by atoms with Crippen molar-refractivity contribution >= 4 is 11.8 Å². The van der Waals surface area contributed by atoms with Crippen molar-refractivity contribution in [1.82, 2.24) is 0 Å². The molecule has 0 unspecified atom stereocenters. The van der Waals surface area contributed by atoms with E-state index in [0.717, 1.165) is 11.1 Å². The van der Waals surface area contributed by atoms with Crippen LogP contribution in [0.2, 0.25) is 0 Å². The summed E-state index contributed by atoms with van der Waals surface area (Å²) in [6.07, 6.45) is -0.970. The first-order chi connectivity index (χ1) is 7.63. The molecule has 4 heteroatoms. The molecule has 16 heavy (non-hydrogen) atoms. The van der Waals surface area contributed by atoms with E-state index in [1.165, 1.54) is 7.11 Å². The van der Waals surface area contributed by atoms with Gasteiger partial charge in [0.25, 0.3) is 5.78 Å². The maximum absolute atomic E-state index is 11.4. The maximum atomic E-state index is 11.4. The zero-order valence-corrected chi connectivity index (χ0v) is 9.10. The van der Waals surface area contributed by atoms with Gasteiger partial charge in [-0.1, -0.05) is 29.8 Å². The van der Waals surface area contributed by atoms with E-state index in [-0.39, 0.29) is 6.10 Å². The third-order valence-corrected chi connectivity index (χ3v) is 2.54. The lowest BCUT2D eigenvalue weighted by atomic mass is 10.1. The number of hydrogen-bond acceptors (Lipinski definition) is 4. The highest BCUT2D eigenvalue weighted by Crippen LogP contribution is 2.39. The number of ketones is 1. The van der Waals surface area contributed by atoms with Gasteiger partial charge < -0.3 is 9.47 Å². The Labute approximate surface area is 93.2 Å².